The molecule has 3 rings (SSSR count). The molecule has 1 saturated heterocycles. The molecule has 150 valence electrons. The molecule has 0 aliphatic carbocycles. The summed E-state index contributed by atoms with van der Waals surface area (Å²) in [5.41, 5.74) is 2.81. The maximum atomic E-state index is 11.9. The summed E-state index contributed by atoms with van der Waals surface area (Å²) in [6.07, 6.45) is 4.05. The molecule has 29 heavy (non-hydrogen) atoms. The molecule has 0 atom stereocenters. The van der Waals surface area contributed by atoms with Crippen molar-refractivity contribution in [1.82, 2.24) is 5.01 Å². The lowest BCUT2D eigenvalue weighted by molar-refractivity contribution is -0.123. The predicted molar refractivity (Wildman–Crippen MR) is 122 cm³/mol. The Kier molecular flexibility index (Phi) is 7.43. The van der Waals surface area contributed by atoms with E-state index in [-0.39, 0.29) is 5.91 Å². The van der Waals surface area contributed by atoms with Crippen LogP contribution in [-0.2, 0) is 17.8 Å². The number of nitrogens with zero attached hydrogens (tertiary/aromatic N) is 2. The first-order chi connectivity index (χ1) is 14.1. The van der Waals surface area contributed by atoms with Crippen LogP contribution in [0.4, 0.5) is 0 Å². The van der Waals surface area contributed by atoms with E-state index in [0.29, 0.717) is 41.2 Å². The summed E-state index contributed by atoms with van der Waals surface area (Å²) in [5.74, 6) is 1.54. The number of carbonyl (C=O) groups is 1. The second-order valence-corrected chi connectivity index (χ2v) is 7.82. The fourth-order valence-electron chi connectivity index (χ4n) is 2.81. The van der Waals surface area contributed by atoms with Crippen LogP contribution in [-0.4, -0.2) is 33.8 Å². The van der Waals surface area contributed by atoms with Gasteiger partial charge in [0.15, 0.2) is 15.8 Å². The van der Waals surface area contributed by atoms with Crippen molar-refractivity contribution in [2.45, 2.75) is 20.0 Å². The summed E-state index contributed by atoms with van der Waals surface area (Å²) >= 11 is 6.48. The molecule has 0 aromatic heterocycles. The van der Waals surface area contributed by atoms with Gasteiger partial charge in [0.25, 0.3) is 5.91 Å². The van der Waals surface area contributed by atoms with Crippen LogP contribution in [0.3, 0.4) is 0 Å². The van der Waals surface area contributed by atoms with Crippen molar-refractivity contribution in [2.24, 2.45) is 5.10 Å². The molecular formula is C22H22N2O3S2. The quantitative estimate of drug-likeness (QED) is 0.334. The average molecular weight is 427 g/mol. The largest absolute Gasteiger partial charge is 0.490 e. The van der Waals surface area contributed by atoms with E-state index in [0.717, 1.165) is 16.7 Å². The Morgan fingerprint density at radius 3 is 2.72 bits per heavy atom. The zero-order valence-corrected chi connectivity index (χ0v) is 17.8. The van der Waals surface area contributed by atoms with Gasteiger partial charge in [0.1, 0.15) is 6.61 Å². The molecule has 7 heteroatoms. The molecule has 2 aromatic rings. The lowest BCUT2D eigenvalue weighted by atomic mass is 10.1. The van der Waals surface area contributed by atoms with Crippen molar-refractivity contribution >= 4 is 40.4 Å². The van der Waals surface area contributed by atoms with Crippen LogP contribution in [0.15, 0.2) is 60.2 Å². The van der Waals surface area contributed by atoms with E-state index in [4.69, 9.17) is 21.7 Å². The van der Waals surface area contributed by atoms with Crippen LogP contribution in [0.25, 0.3) is 0 Å². The summed E-state index contributed by atoms with van der Waals surface area (Å²) in [5, 5.41) is 5.51. The molecule has 0 radical (unpaired) electrons. The van der Waals surface area contributed by atoms with E-state index >= 15 is 0 Å². The van der Waals surface area contributed by atoms with Crippen molar-refractivity contribution in [3.63, 3.8) is 0 Å². The third-order valence-corrected chi connectivity index (χ3v) is 5.43. The molecule has 0 bridgehead atoms. The topological polar surface area (TPSA) is 51.1 Å². The number of allylic oxidation sites excluding steroid dienone is 1. The highest BCUT2D eigenvalue weighted by atomic mass is 32.2. The Bertz CT molecular complexity index is 913. The minimum Gasteiger partial charge on any atom is -0.490 e. The minimum atomic E-state index is -0.115. The second kappa shape index (κ2) is 10.2. The third kappa shape index (κ3) is 5.46. The number of carbonyl (C=O) groups excluding carboxylic acids is 1. The molecule has 0 spiro atoms. The molecular weight excluding hydrogens is 404 g/mol. The maximum absolute atomic E-state index is 11.9. The zero-order valence-electron chi connectivity index (χ0n) is 16.2. The number of benzene rings is 2. The molecule has 1 aliphatic heterocycles. The molecule has 2 aromatic carbocycles. The minimum absolute atomic E-state index is 0.115. The van der Waals surface area contributed by atoms with Crippen LogP contribution in [0.1, 0.15) is 23.6 Å². The predicted octanol–water partition coefficient (Wildman–Crippen LogP) is 4.59. The first kappa shape index (κ1) is 21.1. The molecule has 5 nitrogen and oxygen atoms in total. The van der Waals surface area contributed by atoms with E-state index in [1.165, 1.54) is 16.8 Å². The zero-order chi connectivity index (χ0) is 20.6. The number of rotatable bonds is 9. The molecule has 0 unspecified atom stereocenters. The number of hydrazone groups is 1. The number of ether oxygens (including phenoxy) is 2. The van der Waals surface area contributed by atoms with Crippen LogP contribution in [0.5, 0.6) is 11.5 Å². The number of thioether (sulfide) groups is 1. The third-order valence-electron chi connectivity index (χ3n) is 4.09. The van der Waals surface area contributed by atoms with E-state index in [1.54, 1.807) is 6.21 Å². The second-order valence-electron chi connectivity index (χ2n) is 6.21. The first-order valence-corrected chi connectivity index (χ1v) is 10.6. The van der Waals surface area contributed by atoms with Crippen LogP contribution >= 0.6 is 24.0 Å². The smallest absolute Gasteiger partial charge is 0.259 e. The Morgan fingerprint density at radius 2 is 2.07 bits per heavy atom. The van der Waals surface area contributed by atoms with Gasteiger partial charge in [0, 0.05) is 5.56 Å². The van der Waals surface area contributed by atoms with Gasteiger partial charge >= 0.3 is 0 Å². The maximum Gasteiger partial charge on any atom is 0.259 e. The van der Waals surface area contributed by atoms with Crippen molar-refractivity contribution in [3.05, 3.63) is 71.8 Å². The lowest BCUT2D eigenvalue weighted by Gasteiger charge is -2.17. The van der Waals surface area contributed by atoms with E-state index < -0.39 is 0 Å². The fraction of sp³-hybridized carbons (Fsp3) is 0.227. The summed E-state index contributed by atoms with van der Waals surface area (Å²) in [4.78, 5) is 11.9. The van der Waals surface area contributed by atoms with Crippen molar-refractivity contribution in [3.8, 4) is 11.5 Å². The van der Waals surface area contributed by atoms with Gasteiger partial charge in [-0.2, -0.15) is 10.1 Å². The summed E-state index contributed by atoms with van der Waals surface area (Å²) in [7, 11) is 0. The Labute approximate surface area is 180 Å². The standard InChI is InChI=1S/C22H22N2O3S2/c1-3-8-18-11-17(13-23-24-20(25)15-29-22(24)28)12-19(26-4-2)21(18)27-14-16-9-6-5-7-10-16/h3,5-7,9-13H,1,4,8,14-15H2,2H3/b23-13-. The van der Waals surface area contributed by atoms with Gasteiger partial charge in [-0.05, 0) is 36.6 Å². The van der Waals surface area contributed by atoms with Gasteiger partial charge in [-0.1, -0.05) is 60.4 Å². The average Bonchev–Trinajstić information content (AvgIpc) is 3.04. The van der Waals surface area contributed by atoms with Gasteiger partial charge in [0.2, 0.25) is 0 Å². The highest BCUT2D eigenvalue weighted by Gasteiger charge is 2.26. The molecule has 1 amide bonds. The fourth-order valence-corrected chi connectivity index (χ4v) is 3.77. The molecule has 1 heterocycles. The van der Waals surface area contributed by atoms with Gasteiger partial charge < -0.3 is 9.47 Å². The van der Waals surface area contributed by atoms with Crippen molar-refractivity contribution in [1.29, 1.82) is 0 Å². The Hall–Kier alpha value is -2.64. The number of amides is 1. The van der Waals surface area contributed by atoms with Crippen LogP contribution in [0, 0.1) is 0 Å². The SMILES string of the molecule is C=CCc1cc(/C=N\N2C(=O)CSC2=S)cc(OCC)c1OCc1ccccc1. The number of hydrogen-bond acceptors (Lipinski definition) is 6. The normalized spacial score (nSPS) is 13.9. The van der Waals surface area contributed by atoms with Gasteiger partial charge in [-0.3, -0.25) is 4.79 Å². The van der Waals surface area contributed by atoms with Crippen LogP contribution in [0.2, 0.25) is 0 Å². The van der Waals surface area contributed by atoms with Crippen molar-refractivity contribution in [2.75, 3.05) is 12.4 Å². The lowest BCUT2D eigenvalue weighted by Crippen LogP contribution is -2.22. The monoisotopic (exact) mass is 426 g/mol. The summed E-state index contributed by atoms with van der Waals surface area (Å²) in [6, 6.07) is 13.8. The number of thiocarbonyl (C=S) groups is 1. The Morgan fingerprint density at radius 1 is 1.28 bits per heavy atom. The van der Waals surface area contributed by atoms with Gasteiger partial charge in [0.05, 0.1) is 18.6 Å². The Balaban J connectivity index is 1.89. The van der Waals surface area contributed by atoms with Gasteiger partial charge in [-0.15, -0.1) is 6.58 Å². The van der Waals surface area contributed by atoms with E-state index in [2.05, 4.69) is 11.7 Å². The van der Waals surface area contributed by atoms with Crippen LogP contribution < -0.4 is 9.47 Å². The highest BCUT2D eigenvalue weighted by molar-refractivity contribution is 8.23. The highest BCUT2D eigenvalue weighted by Crippen LogP contribution is 2.34. The molecule has 0 saturated carbocycles. The molecule has 1 aliphatic rings. The van der Waals surface area contributed by atoms with E-state index in [1.807, 2.05) is 55.5 Å². The number of hydrogen-bond donors (Lipinski definition) is 0. The van der Waals surface area contributed by atoms with Gasteiger partial charge in [-0.25, -0.2) is 0 Å². The van der Waals surface area contributed by atoms with Crippen molar-refractivity contribution < 1.29 is 14.3 Å². The first-order valence-electron chi connectivity index (χ1n) is 9.23. The molecule has 0 N–H and O–H groups in total. The summed E-state index contributed by atoms with van der Waals surface area (Å²) in [6.45, 7) is 6.71. The van der Waals surface area contributed by atoms with E-state index in [9.17, 15) is 4.79 Å². The molecule has 1 fully saturated rings. The summed E-state index contributed by atoms with van der Waals surface area (Å²) < 4.78 is 12.4.